The summed E-state index contributed by atoms with van der Waals surface area (Å²) in [6.45, 7) is 1.98. The molecule has 1 atom stereocenters. The summed E-state index contributed by atoms with van der Waals surface area (Å²) < 4.78 is 10.0. The minimum Gasteiger partial charge on any atom is -0.382 e. The van der Waals surface area contributed by atoms with E-state index in [0.29, 0.717) is 11.5 Å². The molecule has 0 spiro atoms. The fraction of sp³-hybridized carbons (Fsp3) is 0.400. The molecule has 0 aliphatic rings. The molecule has 0 aliphatic carbocycles. The molecule has 0 saturated heterocycles. The summed E-state index contributed by atoms with van der Waals surface area (Å²) in [5.41, 5.74) is 5.20. The Balaban J connectivity index is 2.30. The van der Waals surface area contributed by atoms with E-state index in [9.17, 15) is 4.79 Å². The number of ether oxygens (including phenoxy) is 1. The molecule has 0 bridgehead atoms. The third-order valence-electron chi connectivity index (χ3n) is 2.28. The smallest absolute Gasteiger partial charge is 0.278 e. The van der Waals surface area contributed by atoms with Gasteiger partial charge in [-0.3, -0.25) is 4.79 Å². The number of aromatic nitrogens is 4. The van der Waals surface area contributed by atoms with Crippen LogP contribution in [0, 0.1) is 0 Å². The minimum atomic E-state index is -0.849. The second kappa shape index (κ2) is 4.67. The number of H-pyrrole nitrogens is 1. The molecule has 0 aromatic carbocycles. The normalized spacial score (nSPS) is 14.4. The summed E-state index contributed by atoms with van der Waals surface area (Å²) in [6, 6.07) is 2.81. The average Bonchev–Trinajstić information content (AvgIpc) is 2.80. The molecule has 1 unspecified atom stereocenters. The van der Waals surface area contributed by atoms with E-state index in [4.69, 9.17) is 15.0 Å². The predicted molar refractivity (Wildman–Crippen MR) is 61.6 cm³/mol. The summed E-state index contributed by atoms with van der Waals surface area (Å²) in [5, 5.41) is 9.85. The van der Waals surface area contributed by atoms with E-state index in [2.05, 4.69) is 20.3 Å². The third-order valence-corrected chi connectivity index (χ3v) is 2.28. The lowest BCUT2D eigenvalue weighted by Crippen LogP contribution is -2.38. The highest BCUT2D eigenvalue weighted by Gasteiger charge is 2.28. The highest BCUT2D eigenvalue weighted by molar-refractivity contribution is 5.44. The fourth-order valence-corrected chi connectivity index (χ4v) is 1.39. The van der Waals surface area contributed by atoms with E-state index in [-0.39, 0.29) is 18.1 Å². The molecular formula is C10H13N5O3. The van der Waals surface area contributed by atoms with Crippen molar-refractivity contribution in [2.45, 2.75) is 12.5 Å². The monoisotopic (exact) mass is 251 g/mol. The van der Waals surface area contributed by atoms with Gasteiger partial charge in [0.25, 0.3) is 11.4 Å². The number of nitrogens with one attached hydrogen (secondary N) is 1. The van der Waals surface area contributed by atoms with Gasteiger partial charge in [0.2, 0.25) is 0 Å². The number of nitrogens with two attached hydrogens (primary N) is 1. The van der Waals surface area contributed by atoms with Gasteiger partial charge in [-0.1, -0.05) is 5.16 Å². The van der Waals surface area contributed by atoms with Crippen molar-refractivity contribution in [2.75, 3.05) is 13.7 Å². The maximum Gasteiger partial charge on any atom is 0.278 e. The van der Waals surface area contributed by atoms with Crippen molar-refractivity contribution >= 4 is 0 Å². The summed E-state index contributed by atoms with van der Waals surface area (Å²) >= 11 is 0. The Kier molecular flexibility index (Phi) is 3.21. The van der Waals surface area contributed by atoms with Gasteiger partial charge in [0, 0.05) is 13.2 Å². The van der Waals surface area contributed by atoms with Crippen LogP contribution in [0.25, 0.3) is 11.6 Å². The maximum atomic E-state index is 10.9. The summed E-state index contributed by atoms with van der Waals surface area (Å²) in [7, 11) is 1.54. The van der Waals surface area contributed by atoms with Crippen molar-refractivity contribution in [1.29, 1.82) is 0 Å². The fourth-order valence-electron chi connectivity index (χ4n) is 1.39. The van der Waals surface area contributed by atoms with Crippen LogP contribution >= 0.6 is 0 Å². The quantitative estimate of drug-likeness (QED) is 0.761. The Bertz CT molecular complexity index is 569. The van der Waals surface area contributed by atoms with Gasteiger partial charge in [0.05, 0.1) is 6.61 Å². The molecule has 0 radical (unpaired) electrons. The van der Waals surface area contributed by atoms with Crippen molar-refractivity contribution < 1.29 is 9.26 Å². The maximum absolute atomic E-state index is 10.9. The standard InChI is InChI=1S/C10H13N5O3/c1-10(11,5-17-2)9-12-8(18-15-9)6-3-4-7(16)14-13-6/h3-4H,5,11H2,1-2H3,(H,14,16). The summed E-state index contributed by atoms with van der Waals surface area (Å²) in [6.07, 6.45) is 0. The van der Waals surface area contributed by atoms with Crippen LogP contribution in [0.4, 0.5) is 0 Å². The second-order valence-electron chi connectivity index (χ2n) is 4.08. The molecule has 0 saturated carbocycles. The number of methoxy groups -OCH3 is 1. The van der Waals surface area contributed by atoms with Crippen molar-refractivity contribution in [3.05, 3.63) is 28.3 Å². The number of hydrogen-bond donors (Lipinski definition) is 2. The molecule has 0 aliphatic heterocycles. The highest BCUT2D eigenvalue weighted by atomic mass is 16.5. The van der Waals surface area contributed by atoms with Crippen LogP contribution in [-0.4, -0.2) is 34.1 Å². The van der Waals surface area contributed by atoms with Crippen molar-refractivity contribution in [2.24, 2.45) is 5.73 Å². The van der Waals surface area contributed by atoms with Gasteiger partial charge in [-0.15, -0.1) is 0 Å². The zero-order valence-electron chi connectivity index (χ0n) is 10.0. The van der Waals surface area contributed by atoms with Crippen molar-refractivity contribution in [1.82, 2.24) is 20.3 Å². The number of hydrogen-bond acceptors (Lipinski definition) is 7. The first-order valence-electron chi connectivity index (χ1n) is 5.21. The Morgan fingerprint density at radius 1 is 1.56 bits per heavy atom. The van der Waals surface area contributed by atoms with Gasteiger partial charge in [0.15, 0.2) is 5.82 Å². The number of nitrogens with zero attached hydrogens (tertiary/aromatic N) is 3. The van der Waals surface area contributed by atoms with Crippen LogP contribution < -0.4 is 11.3 Å². The Labute approximate surface area is 102 Å². The molecular weight excluding hydrogens is 238 g/mol. The molecule has 2 aromatic rings. The average molecular weight is 251 g/mol. The van der Waals surface area contributed by atoms with Gasteiger partial charge in [-0.25, -0.2) is 5.10 Å². The molecule has 8 heteroatoms. The van der Waals surface area contributed by atoms with Gasteiger partial charge >= 0.3 is 0 Å². The summed E-state index contributed by atoms with van der Waals surface area (Å²) in [5.74, 6) is 0.501. The lowest BCUT2D eigenvalue weighted by molar-refractivity contribution is 0.135. The highest BCUT2D eigenvalue weighted by Crippen LogP contribution is 2.18. The lowest BCUT2D eigenvalue weighted by atomic mass is 10.1. The lowest BCUT2D eigenvalue weighted by Gasteiger charge is -2.18. The second-order valence-corrected chi connectivity index (χ2v) is 4.08. The zero-order valence-corrected chi connectivity index (χ0v) is 10.0. The first kappa shape index (κ1) is 12.4. The molecule has 0 amide bonds. The van der Waals surface area contributed by atoms with E-state index < -0.39 is 5.54 Å². The van der Waals surface area contributed by atoms with Crippen LogP contribution in [0.15, 0.2) is 21.5 Å². The Morgan fingerprint density at radius 2 is 2.33 bits per heavy atom. The van der Waals surface area contributed by atoms with E-state index in [1.54, 1.807) is 6.92 Å². The topological polar surface area (TPSA) is 120 Å². The number of rotatable bonds is 4. The van der Waals surface area contributed by atoms with E-state index in [1.165, 1.54) is 19.2 Å². The van der Waals surface area contributed by atoms with Crippen molar-refractivity contribution in [3.63, 3.8) is 0 Å². The first-order valence-corrected chi connectivity index (χ1v) is 5.21. The van der Waals surface area contributed by atoms with E-state index in [0.717, 1.165) is 0 Å². The van der Waals surface area contributed by atoms with Crippen molar-refractivity contribution in [3.8, 4) is 11.6 Å². The molecule has 2 rings (SSSR count). The predicted octanol–water partition coefficient (Wildman–Crippen LogP) is -0.360. The minimum absolute atomic E-state index is 0.189. The van der Waals surface area contributed by atoms with Crippen LogP contribution in [0.3, 0.4) is 0 Å². The SMILES string of the molecule is COCC(C)(N)c1noc(-c2ccc(=O)[nH]n2)n1. The summed E-state index contributed by atoms with van der Waals surface area (Å²) in [4.78, 5) is 15.0. The first-order chi connectivity index (χ1) is 8.53. The Hall–Kier alpha value is -2.06. The number of aromatic amines is 1. The molecule has 2 aromatic heterocycles. The third kappa shape index (κ3) is 2.44. The molecule has 0 fully saturated rings. The zero-order chi connectivity index (χ0) is 13.2. The largest absolute Gasteiger partial charge is 0.382 e. The van der Waals surface area contributed by atoms with Gasteiger partial charge in [-0.2, -0.15) is 10.1 Å². The van der Waals surface area contributed by atoms with Gasteiger partial charge in [-0.05, 0) is 13.0 Å². The molecule has 3 N–H and O–H groups in total. The van der Waals surface area contributed by atoms with Gasteiger partial charge < -0.3 is 15.0 Å². The van der Waals surface area contributed by atoms with Crippen LogP contribution in [0.5, 0.6) is 0 Å². The van der Waals surface area contributed by atoms with E-state index >= 15 is 0 Å². The Morgan fingerprint density at radius 3 is 2.94 bits per heavy atom. The van der Waals surface area contributed by atoms with Crippen LogP contribution in [-0.2, 0) is 10.3 Å². The van der Waals surface area contributed by atoms with Crippen LogP contribution in [0.1, 0.15) is 12.7 Å². The molecule has 2 heterocycles. The molecule has 8 nitrogen and oxygen atoms in total. The molecule has 18 heavy (non-hydrogen) atoms. The molecule has 96 valence electrons. The van der Waals surface area contributed by atoms with Gasteiger partial charge in [0.1, 0.15) is 11.2 Å². The van der Waals surface area contributed by atoms with Crippen LogP contribution in [0.2, 0.25) is 0 Å². The van der Waals surface area contributed by atoms with E-state index in [1.807, 2.05) is 0 Å².